The monoisotopic (exact) mass is 562 g/mol. The van der Waals surface area contributed by atoms with Gasteiger partial charge in [-0.15, -0.1) is 0 Å². The molecule has 4 aromatic rings. The van der Waals surface area contributed by atoms with Crippen molar-refractivity contribution in [3.8, 4) is 6.01 Å². The summed E-state index contributed by atoms with van der Waals surface area (Å²) in [4.78, 5) is 26.7. The number of aromatic nitrogens is 3. The highest BCUT2D eigenvalue weighted by molar-refractivity contribution is 7.90. The second-order valence-electron chi connectivity index (χ2n) is 10.2. The molecule has 0 aliphatic carbocycles. The molecule has 1 aliphatic rings. The minimum atomic E-state index is -3.41. The molecule has 1 N–H and O–H groups in total. The van der Waals surface area contributed by atoms with Crippen LogP contribution in [0, 0.1) is 6.92 Å². The van der Waals surface area contributed by atoms with E-state index >= 15 is 0 Å². The molecule has 0 spiro atoms. The third kappa shape index (κ3) is 5.33. The summed E-state index contributed by atoms with van der Waals surface area (Å²) in [6, 6.07) is 13.0. The molecule has 3 heterocycles. The number of ether oxygens (including phenoxy) is 1. The Morgan fingerprint density at radius 3 is 2.27 bits per heavy atom. The number of para-hydroxylation sites is 1. The van der Waals surface area contributed by atoms with Gasteiger partial charge in [-0.05, 0) is 54.6 Å². The predicted octanol–water partition coefficient (Wildman–Crippen LogP) is 3.55. The van der Waals surface area contributed by atoms with Gasteiger partial charge in [-0.1, -0.05) is 18.2 Å². The maximum atomic E-state index is 13.6. The number of hydrogen-bond acceptors (Lipinski definition) is 9. The number of anilines is 3. The van der Waals surface area contributed by atoms with Crippen molar-refractivity contribution in [1.82, 2.24) is 14.5 Å². The molecular weight excluding hydrogens is 528 g/mol. The standard InChI is InChI=1S/C29H34N6O4S/c1-19-14-22(20(2)32-25-8-6-7-9-26(25)40(5,37)38)23-16-27(33(3)28(36)24(23)15-19)35-12-10-34(11-13-35)21-17-30-29(39-4)31-18-21/h6-9,14-18,20,32H,10-13H2,1-5H3/t20-/m1/s1. The molecule has 1 fully saturated rings. The van der Waals surface area contributed by atoms with E-state index in [1.165, 1.54) is 6.26 Å². The van der Waals surface area contributed by atoms with Crippen LogP contribution in [0.4, 0.5) is 17.2 Å². The highest BCUT2D eigenvalue weighted by Gasteiger charge is 2.23. The third-order valence-corrected chi connectivity index (χ3v) is 8.55. The minimum Gasteiger partial charge on any atom is -0.467 e. The zero-order valence-electron chi connectivity index (χ0n) is 23.4. The lowest BCUT2D eigenvalue weighted by Gasteiger charge is -2.37. The molecule has 10 nitrogen and oxygen atoms in total. The molecule has 0 bridgehead atoms. The molecule has 2 aromatic heterocycles. The highest BCUT2D eigenvalue weighted by atomic mass is 32.2. The van der Waals surface area contributed by atoms with Gasteiger partial charge in [0.1, 0.15) is 5.82 Å². The Bertz CT molecular complexity index is 1710. The van der Waals surface area contributed by atoms with Gasteiger partial charge in [0.05, 0.1) is 35.8 Å². The summed E-state index contributed by atoms with van der Waals surface area (Å²) < 4.78 is 31.5. The number of pyridine rings is 1. The first-order chi connectivity index (χ1) is 19.1. The van der Waals surface area contributed by atoms with Gasteiger partial charge in [0, 0.05) is 50.9 Å². The van der Waals surface area contributed by atoms with Crippen LogP contribution in [0.15, 0.2) is 64.5 Å². The van der Waals surface area contributed by atoms with Crippen molar-refractivity contribution in [1.29, 1.82) is 0 Å². The molecule has 0 unspecified atom stereocenters. The number of nitrogens with one attached hydrogen (secondary N) is 1. The second kappa shape index (κ2) is 10.8. The summed E-state index contributed by atoms with van der Waals surface area (Å²) >= 11 is 0. The summed E-state index contributed by atoms with van der Waals surface area (Å²) in [5.74, 6) is 0.844. The van der Waals surface area contributed by atoms with E-state index < -0.39 is 9.84 Å². The number of nitrogens with zero attached hydrogens (tertiary/aromatic N) is 5. The number of fused-ring (bicyclic) bond motifs is 1. The SMILES string of the molecule is COc1ncc(N2CCN(c3cc4c([C@@H](C)Nc5ccccc5S(C)(=O)=O)cc(C)cc4c(=O)n3C)CC2)cn1. The van der Waals surface area contributed by atoms with Gasteiger partial charge >= 0.3 is 6.01 Å². The maximum absolute atomic E-state index is 13.6. The summed E-state index contributed by atoms with van der Waals surface area (Å²) in [6.45, 7) is 6.91. The Morgan fingerprint density at radius 1 is 0.975 bits per heavy atom. The predicted molar refractivity (Wildman–Crippen MR) is 159 cm³/mol. The molecule has 210 valence electrons. The fourth-order valence-corrected chi connectivity index (χ4v) is 6.18. The molecule has 1 saturated heterocycles. The first-order valence-electron chi connectivity index (χ1n) is 13.1. The molecule has 1 aliphatic heterocycles. The molecule has 0 amide bonds. The van der Waals surface area contributed by atoms with Gasteiger partial charge in [-0.25, -0.2) is 18.4 Å². The molecule has 2 aromatic carbocycles. The van der Waals surface area contributed by atoms with Crippen LogP contribution in [-0.2, 0) is 16.9 Å². The Balaban J connectivity index is 1.47. The van der Waals surface area contributed by atoms with Crippen molar-refractivity contribution in [3.05, 3.63) is 76.3 Å². The number of methoxy groups -OCH3 is 1. The fourth-order valence-electron chi connectivity index (χ4n) is 5.33. The quantitative estimate of drug-likeness (QED) is 0.362. The summed E-state index contributed by atoms with van der Waals surface area (Å²) in [6.07, 6.45) is 4.73. The van der Waals surface area contributed by atoms with E-state index in [4.69, 9.17) is 4.74 Å². The van der Waals surface area contributed by atoms with Crippen LogP contribution in [0.2, 0.25) is 0 Å². The second-order valence-corrected chi connectivity index (χ2v) is 12.2. The average Bonchev–Trinajstić information content (AvgIpc) is 2.94. The van der Waals surface area contributed by atoms with Crippen LogP contribution in [-0.4, -0.2) is 62.5 Å². The molecule has 5 rings (SSSR count). The Labute approximate surface area is 234 Å². The van der Waals surface area contributed by atoms with Crippen LogP contribution in [0.1, 0.15) is 24.1 Å². The van der Waals surface area contributed by atoms with Gasteiger partial charge in [-0.2, -0.15) is 0 Å². The van der Waals surface area contributed by atoms with Crippen LogP contribution < -0.4 is 25.4 Å². The van der Waals surface area contributed by atoms with E-state index in [1.54, 1.807) is 42.3 Å². The van der Waals surface area contributed by atoms with Gasteiger partial charge in [0.2, 0.25) is 0 Å². The Hall–Kier alpha value is -4.12. The summed E-state index contributed by atoms with van der Waals surface area (Å²) in [5, 5.41) is 4.88. The van der Waals surface area contributed by atoms with Crippen LogP contribution >= 0.6 is 0 Å². The van der Waals surface area contributed by atoms with Crippen LogP contribution in [0.5, 0.6) is 6.01 Å². The lowest BCUT2D eigenvalue weighted by Crippen LogP contribution is -2.48. The van der Waals surface area contributed by atoms with E-state index in [2.05, 4.69) is 37.2 Å². The number of benzene rings is 2. The number of piperazine rings is 1. The topological polar surface area (TPSA) is 110 Å². The first kappa shape index (κ1) is 27.4. The minimum absolute atomic E-state index is 0.0628. The Kier molecular flexibility index (Phi) is 7.41. The normalized spacial score (nSPS) is 14.8. The molecule has 11 heteroatoms. The van der Waals surface area contributed by atoms with Crippen molar-refractivity contribution in [3.63, 3.8) is 0 Å². The summed E-state index contributed by atoms with van der Waals surface area (Å²) in [7, 11) is -0.0606. The van der Waals surface area contributed by atoms with E-state index in [-0.39, 0.29) is 16.5 Å². The Morgan fingerprint density at radius 2 is 1.62 bits per heavy atom. The number of aryl methyl sites for hydroxylation is 1. The zero-order chi connectivity index (χ0) is 28.6. The summed E-state index contributed by atoms with van der Waals surface area (Å²) in [5.41, 5.74) is 3.31. The van der Waals surface area contributed by atoms with Gasteiger partial charge in [-0.3, -0.25) is 9.36 Å². The molecule has 1 atom stereocenters. The molecule has 0 saturated carbocycles. The lowest BCUT2D eigenvalue weighted by molar-refractivity contribution is 0.379. The third-order valence-electron chi connectivity index (χ3n) is 7.40. The average molecular weight is 563 g/mol. The van der Waals surface area contributed by atoms with Crippen molar-refractivity contribution in [2.45, 2.75) is 24.8 Å². The van der Waals surface area contributed by atoms with Crippen LogP contribution in [0.25, 0.3) is 10.8 Å². The van der Waals surface area contributed by atoms with E-state index in [1.807, 2.05) is 33.0 Å². The smallest absolute Gasteiger partial charge is 0.316 e. The van der Waals surface area contributed by atoms with Crippen LogP contribution in [0.3, 0.4) is 0 Å². The maximum Gasteiger partial charge on any atom is 0.316 e. The van der Waals surface area contributed by atoms with Gasteiger partial charge in [0.15, 0.2) is 9.84 Å². The first-order valence-corrected chi connectivity index (χ1v) is 15.0. The van der Waals surface area contributed by atoms with E-state index in [0.29, 0.717) is 17.1 Å². The van der Waals surface area contributed by atoms with Gasteiger partial charge < -0.3 is 19.9 Å². The van der Waals surface area contributed by atoms with E-state index in [9.17, 15) is 13.2 Å². The van der Waals surface area contributed by atoms with Crippen molar-refractivity contribution >= 4 is 37.8 Å². The number of sulfone groups is 1. The van der Waals surface area contributed by atoms with Crippen molar-refractivity contribution < 1.29 is 13.2 Å². The highest BCUT2D eigenvalue weighted by Crippen LogP contribution is 2.32. The lowest BCUT2D eigenvalue weighted by atomic mass is 9.97. The molecular formula is C29H34N6O4S. The molecule has 40 heavy (non-hydrogen) atoms. The van der Waals surface area contributed by atoms with Gasteiger partial charge in [0.25, 0.3) is 5.56 Å². The molecule has 0 radical (unpaired) electrons. The van der Waals surface area contributed by atoms with E-state index in [0.717, 1.165) is 54.2 Å². The zero-order valence-corrected chi connectivity index (χ0v) is 24.2. The number of rotatable bonds is 7. The fraction of sp³-hybridized carbons (Fsp3) is 0.345. The van der Waals surface area contributed by atoms with Crippen molar-refractivity contribution in [2.75, 3.05) is 54.7 Å². The number of hydrogen-bond donors (Lipinski definition) is 1. The largest absolute Gasteiger partial charge is 0.467 e. The van der Waals surface area contributed by atoms with Crippen molar-refractivity contribution in [2.24, 2.45) is 7.05 Å².